The molecular weight excluding hydrogens is 360 g/mol. The van der Waals surface area contributed by atoms with Gasteiger partial charge in [0.15, 0.2) is 12.8 Å². The van der Waals surface area contributed by atoms with Crippen molar-refractivity contribution in [3.63, 3.8) is 0 Å². The number of hydrogen-bond acceptors (Lipinski definition) is 8. The Bertz CT molecular complexity index is 1010. The lowest BCUT2D eigenvalue weighted by Gasteiger charge is -2.21. The second-order valence-electron chi connectivity index (χ2n) is 5.98. The number of rotatable bonds is 6. The van der Waals surface area contributed by atoms with Gasteiger partial charge in [0, 0.05) is 11.8 Å². The molecule has 0 saturated carbocycles. The summed E-state index contributed by atoms with van der Waals surface area (Å²) >= 11 is 0. The van der Waals surface area contributed by atoms with E-state index in [1.54, 1.807) is 4.90 Å². The van der Waals surface area contributed by atoms with Gasteiger partial charge in [-0.3, -0.25) is 4.79 Å². The molecule has 28 heavy (non-hydrogen) atoms. The average Bonchev–Trinajstić information content (AvgIpc) is 3.42. The van der Waals surface area contributed by atoms with Crippen LogP contribution in [0.2, 0.25) is 0 Å². The standard InChI is InChI=1S/C19H16N6O3/c20-19-21-6-16(17(24-19)13-4-2-1-3-5-13)18(26)25(7-14-9-27-11-22-14)8-15-10-28-12-23-15/h1-6,9-12H,7-8H2,(H2,20,21,24). The summed E-state index contributed by atoms with van der Waals surface area (Å²) < 4.78 is 10.0. The van der Waals surface area contributed by atoms with E-state index in [0.717, 1.165) is 5.56 Å². The number of carbonyl (C=O) groups is 1. The van der Waals surface area contributed by atoms with E-state index >= 15 is 0 Å². The lowest BCUT2D eigenvalue weighted by atomic mass is 10.1. The van der Waals surface area contributed by atoms with E-state index in [0.29, 0.717) is 22.6 Å². The van der Waals surface area contributed by atoms with Gasteiger partial charge < -0.3 is 19.5 Å². The predicted octanol–water partition coefficient (Wildman–Crippen LogP) is 2.54. The maximum atomic E-state index is 13.4. The van der Waals surface area contributed by atoms with Crippen molar-refractivity contribution in [2.24, 2.45) is 0 Å². The summed E-state index contributed by atoms with van der Waals surface area (Å²) in [5, 5.41) is 0. The summed E-state index contributed by atoms with van der Waals surface area (Å²) in [6.45, 7) is 0.446. The maximum absolute atomic E-state index is 13.4. The van der Waals surface area contributed by atoms with Crippen LogP contribution in [0.1, 0.15) is 21.7 Å². The van der Waals surface area contributed by atoms with Crippen LogP contribution in [-0.4, -0.2) is 30.7 Å². The van der Waals surface area contributed by atoms with E-state index < -0.39 is 0 Å². The molecule has 3 heterocycles. The van der Waals surface area contributed by atoms with E-state index in [2.05, 4.69) is 19.9 Å². The Hall–Kier alpha value is -4.01. The van der Waals surface area contributed by atoms with Gasteiger partial charge in [0.05, 0.1) is 35.7 Å². The van der Waals surface area contributed by atoms with Crippen LogP contribution in [0.15, 0.2) is 70.7 Å². The first kappa shape index (κ1) is 17.4. The molecule has 9 nitrogen and oxygen atoms in total. The molecule has 0 radical (unpaired) electrons. The number of aromatic nitrogens is 4. The molecule has 1 aromatic carbocycles. The Balaban J connectivity index is 1.72. The van der Waals surface area contributed by atoms with Crippen LogP contribution < -0.4 is 5.73 Å². The van der Waals surface area contributed by atoms with Crippen molar-refractivity contribution in [2.45, 2.75) is 13.1 Å². The summed E-state index contributed by atoms with van der Waals surface area (Å²) in [6, 6.07) is 9.34. The van der Waals surface area contributed by atoms with Crippen LogP contribution in [-0.2, 0) is 13.1 Å². The largest absolute Gasteiger partial charge is 0.451 e. The van der Waals surface area contributed by atoms with E-state index in [1.807, 2.05) is 30.3 Å². The van der Waals surface area contributed by atoms with Gasteiger partial charge in [-0.25, -0.2) is 19.9 Å². The molecule has 0 atom stereocenters. The van der Waals surface area contributed by atoms with Gasteiger partial charge in [0.2, 0.25) is 5.95 Å². The Morgan fingerprint density at radius 3 is 2.18 bits per heavy atom. The number of nitrogen functional groups attached to an aromatic ring is 1. The highest BCUT2D eigenvalue weighted by Gasteiger charge is 2.23. The molecule has 0 bridgehead atoms. The SMILES string of the molecule is Nc1ncc(C(=O)N(Cc2cocn2)Cc2cocn2)c(-c2ccccc2)n1. The first-order valence-corrected chi connectivity index (χ1v) is 8.42. The summed E-state index contributed by atoms with van der Waals surface area (Å²) in [7, 11) is 0. The van der Waals surface area contributed by atoms with Gasteiger partial charge >= 0.3 is 0 Å². The molecule has 4 aromatic rings. The zero-order valence-electron chi connectivity index (χ0n) is 14.7. The molecule has 0 aliphatic carbocycles. The Morgan fingerprint density at radius 1 is 0.964 bits per heavy atom. The fraction of sp³-hybridized carbons (Fsp3) is 0.105. The van der Waals surface area contributed by atoms with Crippen molar-refractivity contribution in [2.75, 3.05) is 5.73 Å². The number of anilines is 1. The summed E-state index contributed by atoms with van der Waals surface area (Å²) in [6.07, 6.45) is 7.04. The van der Waals surface area contributed by atoms with E-state index in [9.17, 15) is 4.79 Å². The van der Waals surface area contributed by atoms with Gasteiger partial charge in [-0.05, 0) is 0 Å². The molecule has 0 spiro atoms. The van der Waals surface area contributed by atoms with Crippen molar-refractivity contribution >= 4 is 11.9 Å². The second-order valence-corrected chi connectivity index (χ2v) is 5.98. The minimum absolute atomic E-state index is 0.0926. The fourth-order valence-electron chi connectivity index (χ4n) is 2.76. The first-order chi connectivity index (χ1) is 13.7. The monoisotopic (exact) mass is 376 g/mol. The molecule has 3 aromatic heterocycles. The average molecular weight is 376 g/mol. The third-order valence-corrected chi connectivity index (χ3v) is 4.04. The van der Waals surface area contributed by atoms with Crippen LogP contribution in [0.3, 0.4) is 0 Å². The molecule has 0 aliphatic rings. The summed E-state index contributed by atoms with van der Waals surface area (Å²) in [4.78, 5) is 31.5. The number of carbonyl (C=O) groups excluding carboxylic acids is 1. The highest BCUT2D eigenvalue weighted by molar-refractivity contribution is 5.99. The van der Waals surface area contributed by atoms with Crippen molar-refractivity contribution in [3.8, 4) is 11.3 Å². The third-order valence-electron chi connectivity index (χ3n) is 4.04. The van der Waals surface area contributed by atoms with Crippen LogP contribution in [0, 0.1) is 0 Å². The van der Waals surface area contributed by atoms with Crippen LogP contribution >= 0.6 is 0 Å². The van der Waals surface area contributed by atoms with Crippen molar-refractivity contribution in [1.29, 1.82) is 0 Å². The molecule has 0 unspecified atom stereocenters. The maximum Gasteiger partial charge on any atom is 0.258 e. The van der Waals surface area contributed by atoms with Gasteiger partial charge in [0.1, 0.15) is 12.5 Å². The molecule has 9 heteroatoms. The quantitative estimate of drug-likeness (QED) is 0.544. The lowest BCUT2D eigenvalue weighted by Crippen LogP contribution is -2.31. The Labute approximate surface area is 159 Å². The molecule has 2 N–H and O–H groups in total. The Kier molecular flexibility index (Phi) is 4.79. The molecule has 4 rings (SSSR count). The number of oxazole rings is 2. The smallest absolute Gasteiger partial charge is 0.258 e. The zero-order valence-corrected chi connectivity index (χ0v) is 14.7. The Morgan fingerprint density at radius 2 is 1.61 bits per heavy atom. The molecule has 0 saturated heterocycles. The third kappa shape index (κ3) is 3.73. The lowest BCUT2D eigenvalue weighted by molar-refractivity contribution is 0.0725. The van der Waals surface area contributed by atoms with Crippen molar-refractivity contribution in [3.05, 3.63) is 78.8 Å². The molecular formula is C19H16N6O3. The highest BCUT2D eigenvalue weighted by Crippen LogP contribution is 2.24. The fourth-order valence-corrected chi connectivity index (χ4v) is 2.76. The predicted molar refractivity (Wildman–Crippen MR) is 98.5 cm³/mol. The van der Waals surface area contributed by atoms with Crippen LogP contribution in [0.5, 0.6) is 0 Å². The number of nitrogens with two attached hydrogens (primary N) is 1. The van der Waals surface area contributed by atoms with Gasteiger partial charge in [-0.1, -0.05) is 30.3 Å². The van der Waals surface area contributed by atoms with Crippen LogP contribution in [0.25, 0.3) is 11.3 Å². The van der Waals surface area contributed by atoms with Crippen molar-refractivity contribution in [1.82, 2.24) is 24.8 Å². The minimum Gasteiger partial charge on any atom is -0.451 e. The summed E-state index contributed by atoms with van der Waals surface area (Å²) in [5.74, 6) is -0.195. The molecule has 0 fully saturated rings. The number of nitrogens with zero attached hydrogens (tertiary/aromatic N) is 5. The minimum atomic E-state index is -0.287. The topological polar surface area (TPSA) is 124 Å². The summed E-state index contributed by atoms with van der Waals surface area (Å²) in [5.41, 5.74) is 8.53. The highest BCUT2D eigenvalue weighted by atomic mass is 16.3. The molecule has 140 valence electrons. The zero-order chi connectivity index (χ0) is 19.3. The van der Waals surface area contributed by atoms with Gasteiger partial charge in [-0.15, -0.1) is 0 Å². The van der Waals surface area contributed by atoms with Gasteiger partial charge in [-0.2, -0.15) is 0 Å². The van der Waals surface area contributed by atoms with E-state index in [1.165, 1.54) is 31.5 Å². The number of hydrogen-bond donors (Lipinski definition) is 1. The molecule has 1 amide bonds. The second kappa shape index (κ2) is 7.70. The normalized spacial score (nSPS) is 10.7. The van der Waals surface area contributed by atoms with Crippen LogP contribution in [0.4, 0.5) is 5.95 Å². The van der Waals surface area contributed by atoms with E-state index in [-0.39, 0.29) is 24.9 Å². The first-order valence-electron chi connectivity index (χ1n) is 8.42. The number of amides is 1. The van der Waals surface area contributed by atoms with E-state index in [4.69, 9.17) is 14.6 Å². The number of benzene rings is 1. The molecule has 0 aliphatic heterocycles. The van der Waals surface area contributed by atoms with Gasteiger partial charge in [0.25, 0.3) is 5.91 Å². The van der Waals surface area contributed by atoms with Crippen molar-refractivity contribution < 1.29 is 13.6 Å².